The van der Waals surface area contributed by atoms with Gasteiger partial charge in [0.1, 0.15) is 12.3 Å². The summed E-state index contributed by atoms with van der Waals surface area (Å²) in [6.45, 7) is 4.11. The number of hydrogen-bond donors (Lipinski definition) is 1. The number of nitrogens with zero attached hydrogens (tertiary/aromatic N) is 1. The van der Waals surface area contributed by atoms with Gasteiger partial charge in [-0.2, -0.15) is 0 Å². The Kier molecular flexibility index (Phi) is 7.10. The Morgan fingerprint density at radius 2 is 1.93 bits per heavy atom. The SMILES string of the molecule is CCOc1cccc(CNC(=O)CN(c2cccc(Cl)c2C)S(C)(=O)=O)c1. The zero-order valence-corrected chi connectivity index (χ0v) is 17.1. The lowest BCUT2D eigenvalue weighted by molar-refractivity contribution is -0.119. The van der Waals surface area contributed by atoms with E-state index in [0.29, 0.717) is 22.9 Å². The van der Waals surface area contributed by atoms with Gasteiger partial charge in [0.05, 0.1) is 18.6 Å². The second-order valence-corrected chi connectivity index (χ2v) is 8.32. The Hall–Kier alpha value is -2.25. The fraction of sp³-hybridized carbons (Fsp3) is 0.316. The van der Waals surface area contributed by atoms with E-state index in [1.807, 2.05) is 31.2 Å². The summed E-state index contributed by atoms with van der Waals surface area (Å²) in [6, 6.07) is 12.3. The van der Waals surface area contributed by atoms with E-state index in [1.165, 1.54) is 0 Å². The number of anilines is 1. The number of benzene rings is 2. The molecule has 0 spiro atoms. The maximum absolute atomic E-state index is 12.4. The van der Waals surface area contributed by atoms with Gasteiger partial charge in [0.25, 0.3) is 0 Å². The molecule has 1 amide bonds. The average molecular weight is 411 g/mol. The molecule has 0 unspecified atom stereocenters. The molecule has 0 fully saturated rings. The molecule has 2 aromatic rings. The molecule has 2 aromatic carbocycles. The standard InChI is InChI=1S/C19H23ClN2O4S/c1-4-26-16-8-5-7-15(11-16)12-21-19(23)13-22(27(3,24)25)18-10-6-9-17(20)14(18)2/h5-11H,4,12-13H2,1-3H3,(H,21,23). The van der Waals surface area contributed by atoms with Crippen LogP contribution in [0.15, 0.2) is 42.5 Å². The number of hydrogen-bond acceptors (Lipinski definition) is 4. The number of carbonyl (C=O) groups excluding carboxylic acids is 1. The molecule has 0 atom stereocenters. The number of amides is 1. The highest BCUT2D eigenvalue weighted by molar-refractivity contribution is 7.92. The van der Waals surface area contributed by atoms with Crippen molar-refractivity contribution in [2.75, 3.05) is 23.7 Å². The second kappa shape index (κ2) is 9.10. The molecular weight excluding hydrogens is 388 g/mol. The molecule has 0 aliphatic rings. The van der Waals surface area contributed by atoms with Crippen molar-refractivity contribution in [3.05, 3.63) is 58.6 Å². The molecule has 0 saturated carbocycles. The van der Waals surface area contributed by atoms with Crippen LogP contribution in [-0.4, -0.2) is 33.7 Å². The minimum Gasteiger partial charge on any atom is -0.494 e. The molecule has 1 N–H and O–H groups in total. The molecule has 0 aliphatic carbocycles. The minimum absolute atomic E-state index is 0.270. The van der Waals surface area contributed by atoms with E-state index in [0.717, 1.165) is 21.9 Å². The van der Waals surface area contributed by atoms with Crippen LogP contribution >= 0.6 is 11.6 Å². The molecule has 0 radical (unpaired) electrons. The summed E-state index contributed by atoms with van der Waals surface area (Å²) in [7, 11) is -3.66. The fourth-order valence-corrected chi connectivity index (χ4v) is 3.62. The molecule has 2 rings (SSSR count). The van der Waals surface area contributed by atoms with E-state index in [9.17, 15) is 13.2 Å². The van der Waals surface area contributed by atoms with E-state index in [-0.39, 0.29) is 13.1 Å². The summed E-state index contributed by atoms with van der Waals surface area (Å²) in [5, 5.41) is 3.18. The summed E-state index contributed by atoms with van der Waals surface area (Å²) in [6.07, 6.45) is 1.06. The lowest BCUT2D eigenvalue weighted by Crippen LogP contribution is -2.40. The summed E-state index contributed by atoms with van der Waals surface area (Å²) >= 11 is 6.09. The van der Waals surface area contributed by atoms with Gasteiger partial charge in [-0.15, -0.1) is 0 Å². The van der Waals surface area contributed by atoms with Gasteiger partial charge in [0, 0.05) is 11.6 Å². The number of rotatable bonds is 8. The molecule has 0 heterocycles. The molecule has 0 bridgehead atoms. The number of carbonyl (C=O) groups is 1. The van der Waals surface area contributed by atoms with Crippen LogP contribution in [-0.2, 0) is 21.4 Å². The minimum atomic E-state index is -3.66. The van der Waals surface area contributed by atoms with E-state index in [2.05, 4.69) is 5.32 Å². The summed E-state index contributed by atoms with van der Waals surface area (Å²) in [4.78, 5) is 12.4. The largest absolute Gasteiger partial charge is 0.494 e. The third-order valence-corrected chi connectivity index (χ3v) is 5.43. The van der Waals surface area contributed by atoms with Crippen molar-refractivity contribution in [1.29, 1.82) is 0 Å². The van der Waals surface area contributed by atoms with Crippen LogP contribution in [0.1, 0.15) is 18.1 Å². The monoisotopic (exact) mass is 410 g/mol. The van der Waals surface area contributed by atoms with Gasteiger partial charge in [-0.3, -0.25) is 9.10 Å². The number of sulfonamides is 1. The van der Waals surface area contributed by atoms with E-state index in [4.69, 9.17) is 16.3 Å². The van der Waals surface area contributed by atoms with Crippen LogP contribution in [0.2, 0.25) is 5.02 Å². The summed E-state index contributed by atoms with van der Waals surface area (Å²) < 4.78 is 30.9. The van der Waals surface area contributed by atoms with Crippen molar-refractivity contribution in [1.82, 2.24) is 5.32 Å². The lowest BCUT2D eigenvalue weighted by Gasteiger charge is -2.24. The number of ether oxygens (including phenoxy) is 1. The van der Waals surface area contributed by atoms with Gasteiger partial charge >= 0.3 is 0 Å². The first-order valence-electron chi connectivity index (χ1n) is 8.43. The van der Waals surface area contributed by atoms with E-state index in [1.54, 1.807) is 25.1 Å². The van der Waals surface area contributed by atoms with Gasteiger partial charge in [-0.05, 0) is 49.2 Å². The number of nitrogens with one attached hydrogen (secondary N) is 1. The summed E-state index contributed by atoms with van der Waals surface area (Å²) in [5.41, 5.74) is 1.85. The molecule has 27 heavy (non-hydrogen) atoms. The summed E-state index contributed by atoms with van der Waals surface area (Å²) in [5.74, 6) is 0.304. The molecule has 0 aliphatic heterocycles. The highest BCUT2D eigenvalue weighted by atomic mass is 35.5. The molecule has 8 heteroatoms. The van der Waals surface area contributed by atoms with Crippen molar-refractivity contribution in [2.45, 2.75) is 20.4 Å². The highest BCUT2D eigenvalue weighted by Gasteiger charge is 2.23. The average Bonchev–Trinajstić information content (AvgIpc) is 2.60. The van der Waals surface area contributed by atoms with Gasteiger partial charge in [-0.25, -0.2) is 8.42 Å². The predicted molar refractivity (Wildman–Crippen MR) is 108 cm³/mol. The van der Waals surface area contributed by atoms with Crippen LogP contribution in [0.25, 0.3) is 0 Å². The molecule has 146 valence electrons. The molecule has 0 aromatic heterocycles. The normalized spacial score (nSPS) is 11.1. The second-order valence-electron chi connectivity index (χ2n) is 6.01. The predicted octanol–water partition coefficient (Wildman–Crippen LogP) is 3.13. The maximum atomic E-state index is 12.4. The zero-order chi connectivity index (χ0) is 20.0. The first-order chi connectivity index (χ1) is 12.7. The van der Waals surface area contributed by atoms with Gasteiger partial charge in [-0.1, -0.05) is 29.8 Å². The topological polar surface area (TPSA) is 75.7 Å². The van der Waals surface area contributed by atoms with E-state index >= 15 is 0 Å². The van der Waals surface area contributed by atoms with Crippen LogP contribution in [0, 0.1) is 6.92 Å². The van der Waals surface area contributed by atoms with Gasteiger partial charge in [0.2, 0.25) is 15.9 Å². The first-order valence-corrected chi connectivity index (χ1v) is 10.7. The molecule has 0 saturated heterocycles. The lowest BCUT2D eigenvalue weighted by atomic mass is 10.2. The molecule has 6 nitrogen and oxygen atoms in total. The Labute approximate surface area is 165 Å². The van der Waals surface area contributed by atoms with Crippen molar-refractivity contribution in [3.8, 4) is 5.75 Å². The third kappa shape index (κ3) is 5.87. The quantitative estimate of drug-likeness (QED) is 0.725. The Balaban J connectivity index is 2.11. The third-order valence-electron chi connectivity index (χ3n) is 3.89. The zero-order valence-electron chi connectivity index (χ0n) is 15.5. The van der Waals surface area contributed by atoms with Crippen LogP contribution in [0.4, 0.5) is 5.69 Å². The van der Waals surface area contributed by atoms with Crippen molar-refractivity contribution >= 4 is 33.2 Å². The van der Waals surface area contributed by atoms with Crippen LogP contribution in [0.3, 0.4) is 0 Å². The highest BCUT2D eigenvalue weighted by Crippen LogP contribution is 2.28. The fourth-order valence-electron chi connectivity index (χ4n) is 2.55. The Morgan fingerprint density at radius 3 is 2.59 bits per heavy atom. The smallest absolute Gasteiger partial charge is 0.241 e. The van der Waals surface area contributed by atoms with Crippen molar-refractivity contribution in [3.63, 3.8) is 0 Å². The first kappa shape index (κ1) is 21.1. The number of halogens is 1. The van der Waals surface area contributed by atoms with Crippen molar-refractivity contribution in [2.24, 2.45) is 0 Å². The van der Waals surface area contributed by atoms with Crippen LogP contribution < -0.4 is 14.4 Å². The van der Waals surface area contributed by atoms with E-state index < -0.39 is 15.9 Å². The van der Waals surface area contributed by atoms with Gasteiger partial charge in [0.15, 0.2) is 0 Å². The Morgan fingerprint density at radius 1 is 1.22 bits per heavy atom. The van der Waals surface area contributed by atoms with Gasteiger partial charge < -0.3 is 10.1 Å². The van der Waals surface area contributed by atoms with Crippen LogP contribution in [0.5, 0.6) is 5.75 Å². The van der Waals surface area contributed by atoms with Crippen molar-refractivity contribution < 1.29 is 17.9 Å². The Bertz CT molecular complexity index is 916. The maximum Gasteiger partial charge on any atom is 0.241 e. The molecular formula is C19H23ClN2O4S.